The van der Waals surface area contributed by atoms with Gasteiger partial charge in [0.05, 0.1) is 5.69 Å². The fraction of sp³-hybridized carbons (Fsp3) is 0.444. The average molecular weight is 195 g/mol. The molecule has 0 radical (unpaired) electrons. The molecule has 1 aromatic rings. The summed E-state index contributed by atoms with van der Waals surface area (Å²) in [7, 11) is 2.13. The SMILES string of the molecule is CN1CCC=C(c2cc(N)sn2)C1. The molecule has 0 bridgehead atoms. The van der Waals surface area contributed by atoms with E-state index in [0.29, 0.717) is 0 Å². The molecule has 0 saturated carbocycles. The molecule has 0 aromatic carbocycles. The number of aromatic nitrogens is 1. The van der Waals surface area contributed by atoms with Crippen LogP contribution in [0.25, 0.3) is 5.57 Å². The maximum Gasteiger partial charge on any atom is 0.107 e. The molecule has 0 aliphatic carbocycles. The smallest absolute Gasteiger partial charge is 0.107 e. The zero-order valence-electron chi connectivity index (χ0n) is 7.66. The maximum atomic E-state index is 5.64. The Morgan fingerprint density at radius 1 is 1.62 bits per heavy atom. The summed E-state index contributed by atoms with van der Waals surface area (Å²) in [5.41, 5.74) is 7.99. The number of anilines is 1. The number of nitrogen functional groups attached to an aromatic ring is 1. The summed E-state index contributed by atoms with van der Waals surface area (Å²) >= 11 is 1.37. The molecular formula is C9H13N3S. The van der Waals surface area contributed by atoms with Gasteiger partial charge in [-0.05, 0) is 30.6 Å². The number of hydrogen-bond donors (Lipinski definition) is 1. The third kappa shape index (κ3) is 1.89. The summed E-state index contributed by atoms with van der Waals surface area (Å²) in [4.78, 5) is 2.30. The highest BCUT2D eigenvalue weighted by Crippen LogP contribution is 2.22. The minimum absolute atomic E-state index is 0.795. The quantitative estimate of drug-likeness (QED) is 0.737. The summed E-state index contributed by atoms with van der Waals surface area (Å²) in [6, 6.07) is 1.95. The van der Waals surface area contributed by atoms with Crippen LogP contribution in [0.2, 0.25) is 0 Å². The number of nitrogens with two attached hydrogens (primary N) is 1. The first-order valence-electron chi connectivity index (χ1n) is 4.36. The third-order valence-electron chi connectivity index (χ3n) is 2.20. The minimum atomic E-state index is 0.795. The molecule has 2 N–H and O–H groups in total. The Bertz CT molecular complexity index is 329. The van der Waals surface area contributed by atoms with Crippen LogP contribution in [0.15, 0.2) is 12.1 Å². The van der Waals surface area contributed by atoms with Crippen molar-refractivity contribution < 1.29 is 0 Å². The number of likely N-dealkylation sites (N-methyl/N-ethyl adjacent to an activating group) is 1. The summed E-state index contributed by atoms with van der Waals surface area (Å²) in [6.07, 6.45) is 3.37. The highest BCUT2D eigenvalue weighted by molar-refractivity contribution is 7.10. The zero-order valence-corrected chi connectivity index (χ0v) is 8.47. The monoisotopic (exact) mass is 195 g/mol. The lowest BCUT2D eigenvalue weighted by atomic mass is 10.1. The van der Waals surface area contributed by atoms with Crippen molar-refractivity contribution in [1.82, 2.24) is 9.27 Å². The predicted molar refractivity (Wildman–Crippen MR) is 56.6 cm³/mol. The summed E-state index contributed by atoms with van der Waals surface area (Å²) in [6.45, 7) is 2.13. The molecule has 4 heteroatoms. The topological polar surface area (TPSA) is 42.1 Å². The van der Waals surface area contributed by atoms with Crippen molar-refractivity contribution in [2.24, 2.45) is 0 Å². The van der Waals surface area contributed by atoms with Crippen molar-refractivity contribution in [2.45, 2.75) is 6.42 Å². The van der Waals surface area contributed by atoms with Crippen molar-refractivity contribution in [1.29, 1.82) is 0 Å². The zero-order chi connectivity index (χ0) is 9.26. The van der Waals surface area contributed by atoms with Crippen LogP contribution in [-0.2, 0) is 0 Å². The number of nitrogens with zero attached hydrogens (tertiary/aromatic N) is 2. The van der Waals surface area contributed by atoms with Gasteiger partial charge in [-0.25, -0.2) is 0 Å². The number of rotatable bonds is 1. The molecule has 0 unspecified atom stereocenters. The first-order valence-corrected chi connectivity index (χ1v) is 5.13. The van der Waals surface area contributed by atoms with Crippen molar-refractivity contribution in [3.05, 3.63) is 17.8 Å². The van der Waals surface area contributed by atoms with Gasteiger partial charge in [0.2, 0.25) is 0 Å². The number of hydrogen-bond acceptors (Lipinski definition) is 4. The molecule has 2 heterocycles. The van der Waals surface area contributed by atoms with Gasteiger partial charge in [-0.3, -0.25) is 0 Å². The molecule has 13 heavy (non-hydrogen) atoms. The molecule has 0 amide bonds. The van der Waals surface area contributed by atoms with E-state index in [0.717, 1.165) is 30.2 Å². The van der Waals surface area contributed by atoms with Crippen molar-refractivity contribution >= 4 is 22.1 Å². The Balaban J connectivity index is 2.21. The Kier molecular flexibility index (Phi) is 2.33. The molecule has 70 valence electrons. The first-order chi connectivity index (χ1) is 6.25. The molecule has 0 atom stereocenters. The fourth-order valence-corrected chi connectivity index (χ4v) is 2.06. The van der Waals surface area contributed by atoms with Gasteiger partial charge in [0.1, 0.15) is 5.00 Å². The normalized spacial score (nSPS) is 18.7. The van der Waals surface area contributed by atoms with E-state index in [2.05, 4.69) is 22.4 Å². The molecule has 1 aliphatic rings. The fourth-order valence-electron chi connectivity index (χ4n) is 1.52. The van der Waals surface area contributed by atoms with E-state index < -0.39 is 0 Å². The second-order valence-corrected chi connectivity index (χ2v) is 4.21. The molecule has 3 nitrogen and oxygen atoms in total. The van der Waals surface area contributed by atoms with Gasteiger partial charge in [-0.15, -0.1) is 0 Å². The lowest BCUT2D eigenvalue weighted by Crippen LogP contribution is -2.24. The van der Waals surface area contributed by atoms with Gasteiger partial charge in [0.15, 0.2) is 0 Å². The summed E-state index contributed by atoms with van der Waals surface area (Å²) in [5.74, 6) is 0. The van der Waals surface area contributed by atoms with E-state index in [1.807, 2.05) is 6.07 Å². The molecule has 2 rings (SSSR count). The van der Waals surface area contributed by atoms with Crippen molar-refractivity contribution in [3.8, 4) is 0 Å². The van der Waals surface area contributed by atoms with Gasteiger partial charge >= 0.3 is 0 Å². The standard InChI is InChI=1S/C9H13N3S/c1-12-4-2-3-7(6-12)8-5-9(10)13-11-8/h3,5H,2,4,6,10H2,1H3. The van der Waals surface area contributed by atoms with E-state index in [1.54, 1.807) is 0 Å². The van der Waals surface area contributed by atoms with Crippen LogP contribution in [-0.4, -0.2) is 29.4 Å². The Hall–Kier alpha value is -0.870. The molecule has 0 saturated heterocycles. The Labute approximate surface area is 82.0 Å². The molecule has 0 spiro atoms. The van der Waals surface area contributed by atoms with Crippen molar-refractivity contribution in [2.75, 3.05) is 25.9 Å². The van der Waals surface area contributed by atoms with Crippen LogP contribution < -0.4 is 5.73 Å². The van der Waals surface area contributed by atoms with Gasteiger partial charge in [0.25, 0.3) is 0 Å². The van der Waals surface area contributed by atoms with E-state index >= 15 is 0 Å². The summed E-state index contributed by atoms with van der Waals surface area (Å²) < 4.78 is 4.30. The van der Waals surface area contributed by atoms with Crippen LogP contribution in [0.5, 0.6) is 0 Å². The molecule has 1 aromatic heterocycles. The van der Waals surface area contributed by atoms with Gasteiger partial charge < -0.3 is 10.6 Å². The van der Waals surface area contributed by atoms with Crippen LogP contribution in [0.4, 0.5) is 5.00 Å². The van der Waals surface area contributed by atoms with Gasteiger partial charge in [0, 0.05) is 19.2 Å². The van der Waals surface area contributed by atoms with Crippen LogP contribution in [0, 0.1) is 0 Å². The summed E-state index contributed by atoms with van der Waals surface area (Å²) in [5, 5.41) is 0.795. The van der Waals surface area contributed by atoms with Crippen LogP contribution in [0.3, 0.4) is 0 Å². The molecular weight excluding hydrogens is 182 g/mol. The predicted octanol–water partition coefficient (Wildman–Crippen LogP) is 1.44. The van der Waals surface area contributed by atoms with Crippen LogP contribution >= 0.6 is 11.5 Å². The van der Waals surface area contributed by atoms with Crippen LogP contribution in [0.1, 0.15) is 12.1 Å². The lowest BCUT2D eigenvalue weighted by molar-refractivity contribution is 0.372. The Morgan fingerprint density at radius 3 is 3.08 bits per heavy atom. The second-order valence-electron chi connectivity index (χ2n) is 3.37. The molecule has 0 fully saturated rings. The first kappa shape index (κ1) is 8.72. The third-order valence-corrected chi connectivity index (χ3v) is 2.82. The van der Waals surface area contributed by atoms with Crippen molar-refractivity contribution in [3.63, 3.8) is 0 Å². The minimum Gasteiger partial charge on any atom is -0.389 e. The average Bonchev–Trinajstić information content (AvgIpc) is 2.52. The largest absolute Gasteiger partial charge is 0.389 e. The molecule has 1 aliphatic heterocycles. The Morgan fingerprint density at radius 2 is 2.46 bits per heavy atom. The highest BCUT2D eigenvalue weighted by Gasteiger charge is 2.12. The van der Waals surface area contributed by atoms with E-state index in [1.165, 1.54) is 17.1 Å². The van der Waals surface area contributed by atoms with E-state index in [-0.39, 0.29) is 0 Å². The highest BCUT2D eigenvalue weighted by atomic mass is 32.1. The van der Waals surface area contributed by atoms with Gasteiger partial charge in [-0.2, -0.15) is 4.37 Å². The lowest BCUT2D eigenvalue weighted by Gasteiger charge is -2.21. The van der Waals surface area contributed by atoms with E-state index in [4.69, 9.17) is 5.73 Å². The van der Waals surface area contributed by atoms with Gasteiger partial charge in [-0.1, -0.05) is 6.08 Å². The second kappa shape index (κ2) is 3.47. The van der Waals surface area contributed by atoms with E-state index in [9.17, 15) is 0 Å². The maximum absolute atomic E-state index is 5.64.